The number of rotatable bonds is 5. The van der Waals surface area contributed by atoms with Crippen LogP contribution in [0, 0.1) is 13.8 Å². The predicted molar refractivity (Wildman–Crippen MR) is 134 cm³/mol. The number of benzene rings is 3. The van der Waals surface area contributed by atoms with E-state index in [-0.39, 0.29) is 28.8 Å². The van der Waals surface area contributed by atoms with E-state index in [1.807, 2.05) is 50.2 Å². The number of carboxylic acid groups (broad SMARTS) is 1. The summed E-state index contributed by atoms with van der Waals surface area (Å²) in [7, 11) is 0. The number of carboxylic acids is 1. The largest absolute Gasteiger partial charge is 0.481 e. The minimum Gasteiger partial charge on any atom is -0.481 e. The molecule has 0 spiro atoms. The van der Waals surface area contributed by atoms with Gasteiger partial charge in [0.15, 0.2) is 5.76 Å². The van der Waals surface area contributed by atoms with Gasteiger partial charge < -0.3 is 14.3 Å². The van der Waals surface area contributed by atoms with Crippen LogP contribution in [0.15, 0.2) is 69.9 Å². The minimum atomic E-state index is -0.991. The fraction of sp³-hybridized carbons (Fsp3) is 0.241. The van der Waals surface area contributed by atoms with E-state index in [1.54, 1.807) is 12.1 Å². The lowest BCUT2D eigenvalue weighted by Crippen LogP contribution is -2.12. The third-order valence-corrected chi connectivity index (χ3v) is 6.06. The van der Waals surface area contributed by atoms with E-state index >= 15 is 0 Å². The van der Waals surface area contributed by atoms with Crippen LogP contribution in [0.1, 0.15) is 53.4 Å². The van der Waals surface area contributed by atoms with Gasteiger partial charge in [0.05, 0.1) is 10.9 Å². The third kappa shape index (κ3) is 4.60. The standard InChI is InChI=1S/C29H28O5/c1-17-14-23-24(15-18(17)2)34-26(20-10-12-22(13-11-20)29(3,4)5)27(25(23)30)33-16-19-6-8-21(9-7-19)28(31)32/h6-15H,16H2,1-5H3,(H,31,32). The fourth-order valence-electron chi connectivity index (χ4n) is 3.78. The van der Waals surface area contributed by atoms with Crippen LogP contribution in [0.2, 0.25) is 0 Å². The molecule has 0 saturated heterocycles. The van der Waals surface area contributed by atoms with Gasteiger partial charge in [-0.1, -0.05) is 57.2 Å². The van der Waals surface area contributed by atoms with Crippen molar-refractivity contribution in [3.05, 3.63) is 98.7 Å². The van der Waals surface area contributed by atoms with Crippen molar-refractivity contribution in [3.63, 3.8) is 0 Å². The van der Waals surface area contributed by atoms with Crippen LogP contribution >= 0.6 is 0 Å². The molecule has 1 heterocycles. The highest BCUT2D eigenvalue weighted by molar-refractivity contribution is 5.87. The number of carbonyl (C=O) groups is 1. The van der Waals surface area contributed by atoms with Crippen LogP contribution in [-0.2, 0) is 12.0 Å². The molecule has 5 nitrogen and oxygen atoms in total. The van der Waals surface area contributed by atoms with E-state index in [9.17, 15) is 9.59 Å². The topological polar surface area (TPSA) is 76.7 Å². The van der Waals surface area contributed by atoms with Gasteiger partial charge in [0.25, 0.3) is 0 Å². The van der Waals surface area contributed by atoms with Gasteiger partial charge in [-0.05, 0) is 65.8 Å². The van der Waals surface area contributed by atoms with E-state index in [1.165, 1.54) is 17.7 Å². The lowest BCUT2D eigenvalue weighted by Gasteiger charge is -2.19. The molecule has 0 atom stereocenters. The quantitative estimate of drug-likeness (QED) is 0.364. The monoisotopic (exact) mass is 456 g/mol. The van der Waals surface area contributed by atoms with Crippen LogP contribution in [0.5, 0.6) is 5.75 Å². The summed E-state index contributed by atoms with van der Waals surface area (Å²) in [5, 5.41) is 9.58. The molecule has 0 radical (unpaired) electrons. The molecule has 4 rings (SSSR count). The van der Waals surface area contributed by atoms with Crippen LogP contribution in [0.3, 0.4) is 0 Å². The Kier molecular flexibility index (Phi) is 6.05. The molecule has 5 heteroatoms. The second kappa shape index (κ2) is 8.82. The number of hydrogen-bond donors (Lipinski definition) is 1. The highest BCUT2D eigenvalue weighted by Gasteiger charge is 2.20. The number of aryl methyl sites for hydroxylation is 2. The minimum absolute atomic E-state index is 0.00116. The summed E-state index contributed by atoms with van der Waals surface area (Å²) >= 11 is 0. The molecule has 4 aromatic rings. The first-order valence-electron chi connectivity index (χ1n) is 11.2. The molecule has 0 fully saturated rings. The van der Waals surface area contributed by atoms with Crippen molar-refractivity contribution in [1.29, 1.82) is 0 Å². The van der Waals surface area contributed by atoms with Crippen molar-refractivity contribution in [3.8, 4) is 17.1 Å². The average molecular weight is 457 g/mol. The summed E-state index contributed by atoms with van der Waals surface area (Å²) in [5.41, 5.74) is 5.18. The second-order valence-corrected chi connectivity index (χ2v) is 9.64. The zero-order valence-corrected chi connectivity index (χ0v) is 20.1. The molecule has 0 unspecified atom stereocenters. The molecule has 1 aromatic heterocycles. The van der Waals surface area contributed by atoms with Crippen molar-refractivity contribution in [2.24, 2.45) is 0 Å². The van der Waals surface area contributed by atoms with Gasteiger partial charge in [-0.3, -0.25) is 4.79 Å². The van der Waals surface area contributed by atoms with Gasteiger partial charge in [-0.2, -0.15) is 0 Å². The maximum Gasteiger partial charge on any atom is 0.335 e. The van der Waals surface area contributed by atoms with E-state index < -0.39 is 5.97 Å². The average Bonchev–Trinajstić information content (AvgIpc) is 2.79. The van der Waals surface area contributed by atoms with Gasteiger partial charge in [0.2, 0.25) is 11.2 Å². The number of hydrogen-bond acceptors (Lipinski definition) is 4. The zero-order valence-electron chi connectivity index (χ0n) is 20.1. The first kappa shape index (κ1) is 23.3. The van der Waals surface area contributed by atoms with Gasteiger partial charge in [0.1, 0.15) is 12.2 Å². The summed E-state index contributed by atoms with van der Waals surface area (Å²) in [6.07, 6.45) is 0. The predicted octanol–water partition coefficient (Wildman–Crippen LogP) is 6.65. The first-order valence-corrected chi connectivity index (χ1v) is 11.2. The Bertz CT molecular complexity index is 1420. The van der Waals surface area contributed by atoms with Crippen LogP contribution in [0.4, 0.5) is 0 Å². The lowest BCUT2D eigenvalue weighted by atomic mass is 9.86. The zero-order chi connectivity index (χ0) is 24.6. The summed E-state index contributed by atoms with van der Waals surface area (Å²) in [5.74, 6) is -0.473. The maximum atomic E-state index is 13.5. The summed E-state index contributed by atoms with van der Waals surface area (Å²) in [6, 6.07) is 18.1. The Morgan fingerprint density at radius 3 is 2.15 bits per heavy atom. The Hall–Kier alpha value is -3.86. The molecule has 0 aliphatic heterocycles. The molecule has 34 heavy (non-hydrogen) atoms. The van der Waals surface area contributed by atoms with Gasteiger partial charge in [-0.25, -0.2) is 4.79 Å². The molecule has 0 bridgehead atoms. The summed E-state index contributed by atoms with van der Waals surface area (Å²) in [4.78, 5) is 24.6. The lowest BCUT2D eigenvalue weighted by molar-refractivity contribution is 0.0697. The number of fused-ring (bicyclic) bond motifs is 1. The molecule has 1 N–H and O–H groups in total. The Balaban J connectivity index is 1.81. The van der Waals surface area contributed by atoms with Crippen molar-refractivity contribution in [2.45, 2.75) is 46.6 Å². The fourth-order valence-corrected chi connectivity index (χ4v) is 3.78. The molecular weight excluding hydrogens is 428 g/mol. The highest BCUT2D eigenvalue weighted by Crippen LogP contribution is 2.34. The van der Waals surface area contributed by atoms with E-state index in [2.05, 4.69) is 20.8 Å². The second-order valence-electron chi connectivity index (χ2n) is 9.64. The summed E-state index contributed by atoms with van der Waals surface area (Å²) in [6.45, 7) is 10.5. The molecule has 0 saturated carbocycles. The van der Waals surface area contributed by atoms with E-state index in [4.69, 9.17) is 14.3 Å². The summed E-state index contributed by atoms with van der Waals surface area (Å²) < 4.78 is 12.3. The van der Waals surface area contributed by atoms with Crippen molar-refractivity contribution in [2.75, 3.05) is 0 Å². The number of ether oxygens (including phenoxy) is 1. The highest BCUT2D eigenvalue weighted by atomic mass is 16.5. The van der Waals surface area contributed by atoms with Gasteiger partial charge >= 0.3 is 5.97 Å². The van der Waals surface area contributed by atoms with Crippen LogP contribution in [-0.4, -0.2) is 11.1 Å². The van der Waals surface area contributed by atoms with Crippen LogP contribution < -0.4 is 10.2 Å². The third-order valence-electron chi connectivity index (χ3n) is 6.06. The molecule has 0 aliphatic carbocycles. The molecular formula is C29H28O5. The van der Waals surface area contributed by atoms with Crippen molar-refractivity contribution >= 4 is 16.9 Å². The van der Waals surface area contributed by atoms with Gasteiger partial charge in [-0.15, -0.1) is 0 Å². The Labute approximate surface area is 198 Å². The van der Waals surface area contributed by atoms with Gasteiger partial charge in [0, 0.05) is 5.56 Å². The molecule has 174 valence electrons. The smallest absolute Gasteiger partial charge is 0.335 e. The molecule has 3 aromatic carbocycles. The molecule has 0 amide bonds. The van der Waals surface area contributed by atoms with Crippen LogP contribution in [0.25, 0.3) is 22.3 Å². The normalized spacial score (nSPS) is 11.6. The van der Waals surface area contributed by atoms with E-state index in [0.717, 1.165) is 22.3 Å². The Morgan fingerprint density at radius 1 is 0.941 bits per heavy atom. The first-order chi connectivity index (χ1) is 16.0. The SMILES string of the molecule is Cc1cc2oc(-c3ccc(C(C)(C)C)cc3)c(OCc3ccc(C(=O)O)cc3)c(=O)c2cc1C. The van der Waals surface area contributed by atoms with Crippen molar-refractivity contribution in [1.82, 2.24) is 0 Å². The van der Waals surface area contributed by atoms with E-state index in [0.29, 0.717) is 16.7 Å². The maximum absolute atomic E-state index is 13.5. The number of aromatic carboxylic acids is 1. The molecule has 0 aliphatic rings. The van der Waals surface area contributed by atoms with Crippen molar-refractivity contribution < 1.29 is 19.1 Å². The Morgan fingerprint density at radius 2 is 1.56 bits per heavy atom.